The fourth-order valence-electron chi connectivity index (χ4n) is 8.47. The minimum atomic E-state index is 0.653. The van der Waals surface area contributed by atoms with Crippen molar-refractivity contribution >= 4 is 32.3 Å². The largest absolute Gasteiger partial charge is 0.228 e. The van der Waals surface area contributed by atoms with Gasteiger partial charge in [0.25, 0.3) is 0 Å². The van der Waals surface area contributed by atoms with E-state index in [2.05, 4.69) is 182 Å². The second kappa shape index (κ2) is 12.7. The molecule has 9 aromatic carbocycles. The molecule has 1 aliphatic carbocycles. The molecule has 1 aromatic heterocycles. The number of fused-ring (bicyclic) bond motifs is 5. The molecule has 0 unspecified atom stereocenters. The van der Waals surface area contributed by atoms with Crippen LogP contribution in [0.4, 0.5) is 0 Å². The summed E-state index contributed by atoms with van der Waals surface area (Å²) >= 11 is 0. The van der Waals surface area contributed by atoms with E-state index in [4.69, 9.17) is 9.97 Å². The third-order valence-corrected chi connectivity index (χ3v) is 11.3. The van der Waals surface area contributed by atoms with Crippen LogP contribution in [0, 0.1) is 11.3 Å². The van der Waals surface area contributed by atoms with Crippen LogP contribution in [0.2, 0.25) is 0 Å². The van der Waals surface area contributed by atoms with Gasteiger partial charge in [-0.2, -0.15) is 5.26 Å². The highest BCUT2D eigenvalue weighted by molar-refractivity contribution is 6.22. The zero-order valence-electron chi connectivity index (χ0n) is 30.2. The van der Waals surface area contributed by atoms with E-state index in [0.717, 1.165) is 50.2 Å². The van der Waals surface area contributed by atoms with E-state index in [-0.39, 0.29) is 0 Å². The first-order chi connectivity index (χ1) is 27.7. The highest BCUT2D eigenvalue weighted by atomic mass is 14.9. The SMILES string of the molecule is N#Cc1ccc(-c2ccc3c4c(ccc(-c5ccc(-c6cc(-c7ccc8ccccc8c7)nc(-c7ccc8ccccc8c7)n6)cc5)c24)-c2ccccc2-3)cc1. The van der Waals surface area contributed by atoms with Gasteiger partial charge in [-0.05, 0) is 107 Å². The van der Waals surface area contributed by atoms with Crippen LogP contribution in [0.1, 0.15) is 5.56 Å². The average molecular weight is 710 g/mol. The Hall–Kier alpha value is -7.67. The molecule has 56 heavy (non-hydrogen) atoms. The molecule has 0 fully saturated rings. The Bertz CT molecular complexity index is 3120. The van der Waals surface area contributed by atoms with Crippen LogP contribution in [0.3, 0.4) is 0 Å². The first-order valence-electron chi connectivity index (χ1n) is 18.9. The maximum absolute atomic E-state index is 9.51. The molecule has 1 aliphatic rings. The van der Waals surface area contributed by atoms with Crippen LogP contribution in [-0.2, 0) is 0 Å². The minimum Gasteiger partial charge on any atom is -0.228 e. The summed E-state index contributed by atoms with van der Waals surface area (Å²) in [7, 11) is 0. The van der Waals surface area contributed by atoms with Crippen molar-refractivity contribution in [3.8, 4) is 84.5 Å². The van der Waals surface area contributed by atoms with E-state index in [9.17, 15) is 5.26 Å². The number of aromatic nitrogens is 2. The molecule has 0 atom stereocenters. The summed E-state index contributed by atoms with van der Waals surface area (Å²) in [5.41, 5.74) is 15.0. The van der Waals surface area contributed by atoms with Crippen molar-refractivity contribution in [2.24, 2.45) is 0 Å². The molecule has 0 radical (unpaired) electrons. The molecule has 3 heteroatoms. The van der Waals surface area contributed by atoms with Gasteiger partial charge in [-0.1, -0.05) is 158 Å². The van der Waals surface area contributed by atoms with E-state index in [1.807, 2.05) is 12.1 Å². The van der Waals surface area contributed by atoms with Crippen molar-refractivity contribution < 1.29 is 0 Å². The van der Waals surface area contributed by atoms with Crippen molar-refractivity contribution in [1.82, 2.24) is 9.97 Å². The van der Waals surface area contributed by atoms with Crippen LogP contribution in [0.15, 0.2) is 188 Å². The molecule has 0 N–H and O–H groups in total. The maximum Gasteiger partial charge on any atom is 0.160 e. The number of nitrogens with zero attached hydrogens (tertiary/aromatic N) is 3. The molecule has 3 nitrogen and oxygen atoms in total. The quantitative estimate of drug-likeness (QED) is 0.179. The Morgan fingerprint density at radius 3 is 1.34 bits per heavy atom. The predicted octanol–water partition coefficient (Wildman–Crippen LogP) is 13.8. The van der Waals surface area contributed by atoms with Gasteiger partial charge in [0, 0.05) is 16.7 Å². The Morgan fingerprint density at radius 2 is 0.750 bits per heavy atom. The summed E-state index contributed by atoms with van der Waals surface area (Å²) in [4.78, 5) is 10.4. The molecule has 0 aliphatic heterocycles. The Balaban J connectivity index is 1.07. The average Bonchev–Trinajstić information content (AvgIpc) is 3.60. The van der Waals surface area contributed by atoms with Crippen LogP contribution < -0.4 is 0 Å². The number of benzene rings is 9. The summed E-state index contributed by atoms with van der Waals surface area (Å²) in [6.07, 6.45) is 0. The molecule has 10 aromatic rings. The first kappa shape index (κ1) is 31.8. The standard InChI is InChI=1S/C53H31N3/c54-32-33-13-15-36(16-14-33)43-25-27-47-45-11-5-6-12-46(45)48-28-26-44(51(43)52(47)48)37-19-21-38(22-20-37)49-31-50(41-23-17-34-7-1-3-9-39(34)29-41)56-53(55-49)42-24-18-35-8-2-4-10-40(35)30-42/h1-31H. The van der Waals surface area contributed by atoms with E-state index >= 15 is 0 Å². The van der Waals surface area contributed by atoms with Gasteiger partial charge >= 0.3 is 0 Å². The van der Waals surface area contributed by atoms with Crippen molar-refractivity contribution in [2.45, 2.75) is 0 Å². The fraction of sp³-hybridized carbons (Fsp3) is 0. The van der Waals surface area contributed by atoms with Gasteiger partial charge in [0.1, 0.15) is 0 Å². The Kier molecular flexibility index (Phi) is 7.23. The lowest BCUT2D eigenvalue weighted by Crippen LogP contribution is -1.96. The molecule has 0 spiro atoms. The number of hydrogen-bond acceptors (Lipinski definition) is 3. The maximum atomic E-state index is 9.51. The third kappa shape index (κ3) is 5.20. The van der Waals surface area contributed by atoms with Crippen LogP contribution in [0.5, 0.6) is 0 Å². The summed E-state index contributed by atoms with van der Waals surface area (Å²) in [5, 5.41) is 16.7. The minimum absolute atomic E-state index is 0.653. The van der Waals surface area contributed by atoms with E-state index in [1.165, 1.54) is 54.7 Å². The molecule has 11 rings (SSSR count). The zero-order valence-corrected chi connectivity index (χ0v) is 30.2. The predicted molar refractivity (Wildman–Crippen MR) is 231 cm³/mol. The van der Waals surface area contributed by atoms with Gasteiger partial charge in [-0.25, -0.2) is 9.97 Å². The van der Waals surface area contributed by atoms with E-state index < -0.39 is 0 Å². The van der Waals surface area contributed by atoms with Gasteiger partial charge in [-0.3, -0.25) is 0 Å². The fourth-order valence-corrected chi connectivity index (χ4v) is 8.47. The van der Waals surface area contributed by atoms with Crippen molar-refractivity contribution in [3.63, 3.8) is 0 Å². The van der Waals surface area contributed by atoms with Crippen LogP contribution in [-0.4, -0.2) is 9.97 Å². The molecule has 0 amide bonds. The number of rotatable bonds is 5. The summed E-state index contributed by atoms with van der Waals surface area (Å²) in [5.74, 6) is 0.694. The molecule has 1 heterocycles. The monoisotopic (exact) mass is 709 g/mol. The van der Waals surface area contributed by atoms with Gasteiger partial charge in [-0.15, -0.1) is 0 Å². The highest BCUT2D eigenvalue weighted by Gasteiger charge is 2.25. The van der Waals surface area contributed by atoms with E-state index in [0.29, 0.717) is 11.4 Å². The molecular weight excluding hydrogens is 679 g/mol. The third-order valence-electron chi connectivity index (χ3n) is 11.3. The number of nitriles is 1. The Morgan fingerprint density at radius 1 is 0.321 bits per heavy atom. The molecule has 258 valence electrons. The molecule has 0 saturated heterocycles. The first-order valence-corrected chi connectivity index (χ1v) is 18.9. The summed E-state index contributed by atoms with van der Waals surface area (Å²) in [6, 6.07) is 68.7. The topological polar surface area (TPSA) is 49.6 Å². The van der Waals surface area contributed by atoms with Crippen LogP contribution in [0.25, 0.3) is 111 Å². The lowest BCUT2D eigenvalue weighted by Gasteiger charge is -2.15. The van der Waals surface area contributed by atoms with Gasteiger partial charge < -0.3 is 0 Å². The van der Waals surface area contributed by atoms with Crippen molar-refractivity contribution in [2.75, 3.05) is 0 Å². The molecular formula is C53H31N3. The Labute approximate surface area is 324 Å². The second-order valence-corrected chi connectivity index (χ2v) is 14.5. The van der Waals surface area contributed by atoms with Crippen LogP contribution >= 0.6 is 0 Å². The lowest BCUT2D eigenvalue weighted by molar-refractivity contribution is 1.18. The second-order valence-electron chi connectivity index (χ2n) is 14.5. The van der Waals surface area contributed by atoms with Gasteiger partial charge in [0.15, 0.2) is 5.82 Å². The van der Waals surface area contributed by atoms with Gasteiger partial charge in [0.05, 0.1) is 23.0 Å². The normalized spacial score (nSPS) is 11.6. The molecule has 0 saturated carbocycles. The van der Waals surface area contributed by atoms with E-state index in [1.54, 1.807) is 0 Å². The summed E-state index contributed by atoms with van der Waals surface area (Å²) < 4.78 is 0. The highest BCUT2D eigenvalue weighted by Crippen LogP contribution is 2.52. The van der Waals surface area contributed by atoms with Crippen molar-refractivity contribution in [1.29, 1.82) is 5.26 Å². The smallest absolute Gasteiger partial charge is 0.160 e. The van der Waals surface area contributed by atoms with Gasteiger partial charge in [0.2, 0.25) is 0 Å². The summed E-state index contributed by atoms with van der Waals surface area (Å²) in [6.45, 7) is 0. The zero-order chi connectivity index (χ0) is 37.2. The lowest BCUT2D eigenvalue weighted by atomic mass is 9.88. The number of hydrogen-bond donors (Lipinski definition) is 0. The van der Waals surface area contributed by atoms with Crippen molar-refractivity contribution in [3.05, 3.63) is 194 Å². The molecule has 0 bridgehead atoms.